The van der Waals surface area contributed by atoms with Gasteiger partial charge in [0.25, 0.3) is 5.91 Å². The number of hydrogen-bond acceptors (Lipinski definition) is 3. The standard InChI is InChI=1S/C20H30NO3.Y/c1-3-5-7-8-9-17-10-12-18(13-11-17)21-19(22)15-24-20(21)16-23-14-6-4-2;/h10-13,20H,2-9,14-16H2,1H3;/q-1;. The van der Waals surface area contributed by atoms with Gasteiger partial charge >= 0.3 is 0 Å². The van der Waals surface area contributed by atoms with Crippen LogP contribution in [0, 0.1) is 6.92 Å². The molecular formula is C20H30NO3Y-. The number of ether oxygens (including phenoxy) is 2. The third kappa shape index (κ3) is 7.46. The minimum Gasteiger partial charge on any atom is -0.377 e. The average molecular weight is 421 g/mol. The van der Waals surface area contributed by atoms with Crippen LogP contribution in [0.5, 0.6) is 0 Å². The first-order chi connectivity index (χ1) is 11.8. The molecule has 1 saturated heterocycles. The Hall–Kier alpha value is -0.286. The molecule has 1 unspecified atom stereocenters. The second kappa shape index (κ2) is 13.0. The van der Waals surface area contributed by atoms with Gasteiger partial charge in [-0.25, -0.2) is 0 Å². The van der Waals surface area contributed by atoms with Crippen LogP contribution < -0.4 is 4.90 Å². The van der Waals surface area contributed by atoms with Crippen LogP contribution in [0.25, 0.3) is 0 Å². The van der Waals surface area contributed by atoms with E-state index in [0.29, 0.717) is 13.2 Å². The average Bonchev–Trinajstić information content (AvgIpc) is 2.97. The third-order valence-electron chi connectivity index (χ3n) is 4.29. The van der Waals surface area contributed by atoms with E-state index in [9.17, 15) is 4.79 Å². The van der Waals surface area contributed by atoms with Crippen LogP contribution in [-0.2, 0) is 53.4 Å². The van der Waals surface area contributed by atoms with E-state index in [1.54, 1.807) is 4.90 Å². The number of rotatable bonds is 11. The number of aryl methyl sites for hydroxylation is 1. The van der Waals surface area contributed by atoms with Gasteiger partial charge in [0.15, 0.2) is 6.23 Å². The van der Waals surface area contributed by atoms with Gasteiger partial charge in [0, 0.05) is 45.0 Å². The molecule has 2 rings (SSSR count). The molecule has 1 aliphatic heterocycles. The van der Waals surface area contributed by atoms with Crippen molar-refractivity contribution in [1.82, 2.24) is 0 Å². The van der Waals surface area contributed by atoms with Crippen molar-refractivity contribution in [1.29, 1.82) is 0 Å². The molecule has 5 heteroatoms. The molecule has 1 aromatic carbocycles. The summed E-state index contributed by atoms with van der Waals surface area (Å²) in [6.07, 6.45) is 7.62. The predicted octanol–water partition coefficient (Wildman–Crippen LogP) is 4.13. The SMILES string of the molecule is [CH2-]CCCOCC1OCC(=O)N1c1ccc(CCCCCC)cc1.[Y]. The monoisotopic (exact) mass is 421 g/mol. The van der Waals surface area contributed by atoms with Crippen molar-refractivity contribution in [3.8, 4) is 0 Å². The van der Waals surface area contributed by atoms with Crippen LogP contribution in [0.4, 0.5) is 5.69 Å². The topological polar surface area (TPSA) is 38.8 Å². The van der Waals surface area contributed by atoms with Gasteiger partial charge in [0.2, 0.25) is 0 Å². The molecule has 1 amide bonds. The van der Waals surface area contributed by atoms with Crippen molar-refractivity contribution in [3.05, 3.63) is 36.8 Å². The number of carbonyl (C=O) groups excluding carboxylic acids is 1. The molecular weight excluding hydrogens is 391 g/mol. The molecule has 1 fully saturated rings. The van der Waals surface area contributed by atoms with E-state index in [-0.39, 0.29) is 51.5 Å². The maximum Gasteiger partial charge on any atom is 0.255 e. The Bertz CT molecular complexity index is 492. The minimum atomic E-state index is -0.322. The largest absolute Gasteiger partial charge is 0.377 e. The van der Waals surface area contributed by atoms with Crippen LogP contribution in [0.3, 0.4) is 0 Å². The summed E-state index contributed by atoms with van der Waals surface area (Å²) in [7, 11) is 0. The Morgan fingerprint density at radius 3 is 2.64 bits per heavy atom. The van der Waals surface area contributed by atoms with E-state index >= 15 is 0 Å². The summed E-state index contributed by atoms with van der Waals surface area (Å²) < 4.78 is 11.2. The summed E-state index contributed by atoms with van der Waals surface area (Å²) in [6.45, 7) is 7.21. The van der Waals surface area contributed by atoms with Crippen molar-refractivity contribution in [2.75, 3.05) is 24.7 Å². The fraction of sp³-hybridized carbons (Fsp3) is 0.600. The van der Waals surface area contributed by atoms with Crippen molar-refractivity contribution < 1.29 is 47.0 Å². The molecule has 1 atom stereocenters. The maximum atomic E-state index is 12.1. The Labute approximate surface area is 177 Å². The smallest absolute Gasteiger partial charge is 0.255 e. The van der Waals surface area contributed by atoms with E-state index in [4.69, 9.17) is 9.47 Å². The molecule has 1 heterocycles. The van der Waals surface area contributed by atoms with Crippen molar-refractivity contribution in [2.24, 2.45) is 0 Å². The van der Waals surface area contributed by atoms with Crippen LogP contribution >= 0.6 is 0 Å². The predicted molar refractivity (Wildman–Crippen MR) is 96.9 cm³/mol. The van der Waals surface area contributed by atoms with Crippen LogP contribution in [0.2, 0.25) is 0 Å². The van der Waals surface area contributed by atoms with Crippen LogP contribution in [-0.4, -0.2) is 32.0 Å². The third-order valence-corrected chi connectivity index (χ3v) is 4.29. The van der Waals surface area contributed by atoms with E-state index in [2.05, 4.69) is 26.0 Å². The van der Waals surface area contributed by atoms with Gasteiger partial charge in [0.05, 0.1) is 6.61 Å². The summed E-state index contributed by atoms with van der Waals surface area (Å²) in [5.41, 5.74) is 2.21. The summed E-state index contributed by atoms with van der Waals surface area (Å²) in [6, 6.07) is 8.27. The number of amides is 1. The quantitative estimate of drug-likeness (QED) is 0.399. The zero-order valence-electron chi connectivity index (χ0n) is 15.4. The summed E-state index contributed by atoms with van der Waals surface area (Å²) in [4.78, 5) is 13.9. The van der Waals surface area contributed by atoms with Gasteiger partial charge in [0.1, 0.15) is 6.61 Å². The first kappa shape index (κ1) is 22.8. The molecule has 0 aliphatic carbocycles. The number of carbonyl (C=O) groups is 1. The minimum absolute atomic E-state index is 0. The molecule has 25 heavy (non-hydrogen) atoms. The number of hydrogen-bond donors (Lipinski definition) is 0. The molecule has 137 valence electrons. The number of unbranched alkanes of at least 4 members (excludes halogenated alkanes) is 4. The van der Waals surface area contributed by atoms with E-state index in [1.807, 2.05) is 12.1 Å². The Morgan fingerprint density at radius 1 is 1.20 bits per heavy atom. The van der Waals surface area contributed by atoms with Crippen LogP contribution in [0.1, 0.15) is 51.0 Å². The Balaban J connectivity index is 0.00000312. The zero-order valence-corrected chi connectivity index (χ0v) is 18.3. The molecule has 0 spiro atoms. The molecule has 0 aromatic heterocycles. The summed E-state index contributed by atoms with van der Waals surface area (Å²) >= 11 is 0. The second-order valence-corrected chi connectivity index (χ2v) is 6.29. The van der Waals surface area contributed by atoms with Gasteiger partial charge in [-0.2, -0.15) is 6.42 Å². The van der Waals surface area contributed by atoms with Crippen LogP contribution in [0.15, 0.2) is 24.3 Å². The fourth-order valence-electron chi connectivity index (χ4n) is 2.87. The second-order valence-electron chi connectivity index (χ2n) is 6.29. The van der Waals surface area contributed by atoms with Crippen molar-refractivity contribution in [3.63, 3.8) is 0 Å². The molecule has 0 N–H and O–H groups in total. The van der Waals surface area contributed by atoms with E-state index in [1.165, 1.54) is 31.2 Å². The molecule has 4 nitrogen and oxygen atoms in total. The number of benzene rings is 1. The van der Waals surface area contributed by atoms with Gasteiger partial charge in [-0.05, 0) is 30.5 Å². The molecule has 1 radical (unpaired) electrons. The zero-order chi connectivity index (χ0) is 17.2. The van der Waals surface area contributed by atoms with E-state index < -0.39 is 0 Å². The first-order valence-corrected chi connectivity index (χ1v) is 9.16. The molecule has 0 bridgehead atoms. The van der Waals surface area contributed by atoms with Gasteiger partial charge < -0.3 is 16.4 Å². The van der Waals surface area contributed by atoms with Gasteiger partial charge in [-0.1, -0.05) is 44.7 Å². The Kier molecular flexibility index (Phi) is 11.8. The fourth-order valence-corrected chi connectivity index (χ4v) is 2.87. The van der Waals surface area contributed by atoms with Gasteiger partial charge in [-0.15, -0.1) is 0 Å². The number of nitrogens with zero attached hydrogens (tertiary/aromatic N) is 1. The molecule has 1 aliphatic rings. The number of anilines is 1. The van der Waals surface area contributed by atoms with Crippen molar-refractivity contribution in [2.45, 2.75) is 58.1 Å². The van der Waals surface area contributed by atoms with Gasteiger partial charge in [-0.3, -0.25) is 9.69 Å². The Morgan fingerprint density at radius 2 is 1.96 bits per heavy atom. The van der Waals surface area contributed by atoms with Crippen molar-refractivity contribution >= 4 is 11.6 Å². The maximum absolute atomic E-state index is 12.1. The summed E-state index contributed by atoms with van der Waals surface area (Å²) in [5.74, 6) is -0.00328. The normalized spacial score (nSPS) is 17.0. The molecule has 0 saturated carbocycles. The first-order valence-electron chi connectivity index (χ1n) is 9.16. The van der Waals surface area contributed by atoms with E-state index in [0.717, 1.165) is 24.9 Å². The summed E-state index contributed by atoms with van der Waals surface area (Å²) in [5, 5.41) is 0. The molecule has 1 aromatic rings.